The molecule has 1 saturated heterocycles. The van der Waals surface area contributed by atoms with Crippen LogP contribution in [0.2, 0.25) is 0 Å². The van der Waals surface area contributed by atoms with Gasteiger partial charge in [0.2, 0.25) is 15.9 Å². The third-order valence-electron chi connectivity index (χ3n) is 4.99. The first-order valence-corrected chi connectivity index (χ1v) is 10.8. The summed E-state index contributed by atoms with van der Waals surface area (Å²) in [6.07, 6.45) is 2.89. The SMILES string of the molecule is Cc1ccc(S(=O)(=O)N2CCCCC2)cc1NCC(=O)NC(C)C(C)C. The van der Waals surface area contributed by atoms with Gasteiger partial charge in [-0.25, -0.2) is 8.42 Å². The Kier molecular flexibility index (Phi) is 7.06. The molecule has 2 rings (SSSR count). The number of hydrogen-bond acceptors (Lipinski definition) is 4. The number of anilines is 1. The lowest BCUT2D eigenvalue weighted by Crippen LogP contribution is -2.39. The predicted octanol–water partition coefficient (Wildman–Crippen LogP) is 2.74. The average Bonchev–Trinajstić information content (AvgIpc) is 2.61. The molecule has 0 bridgehead atoms. The van der Waals surface area contributed by atoms with E-state index in [0.717, 1.165) is 24.8 Å². The summed E-state index contributed by atoms with van der Waals surface area (Å²) in [6, 6.07) is 5.16. The fraction of sp³-hybridized carbons (Fsp3) is 0.632. The highest BCUT2D eigenvalue weighted by Crippen LogP contribution is 2.25. The first-order valence-electron chi connectivity index (χ1n) is 9.36. The monoisotopic (exact) mass is 381 g/mol. The van der Waals surface area contributed by atoms with Gasteiger partial charge in [-0.1, -0.05) is 26.3 Å². The van der Waals surface area contributed by atoms with Gasteiger partial charge in [0.15, 0.2) is 0 Å². The molecule has 2 N–H and O–H groups in total. The lowest BCUT2D eigenvalue weighted by atomic mass is 10.1. The van der Waals surface area contributed by atoms with Crippen LogP contribution >= 0.6 is 0 Å². The number of nitrogens with zero attached hydrogens (tertiary/aromatic N) is 1. The molecule has 1 heterocycles. The second-order valence-electron chi connectivity index (χ2n) is 7.40. The second kappa shape index (κ2) is 8.86. The van der Waals surface area contributed by atoms with E-state index in [1.54, 1.807) is 22.5 Å². The molecule has 0 spiro atoms. The molecule has 26 heavy (non-hydrogen) atoms. The summed E-state index contributed by atoms with van der Waals surface area (Å²) in [5, 5.41) is 6.02. The van der Waals surface area contributed by atoms with Gasteiger partial charge in [-0.2, -0.15) is 4.31 Å². The number of sulfonamides is 1. The van der Waals surface area contributed by atoms with Gasteiger partial charge in [-0.15, -0.1) is 0 Å². The molecule has 1 amide bonds. The number of aryl methyl sites for hydroxylation is 1. The van der Waals surface area contributed by atoms with Crippen molar-refractivity contribution in [3.8, 4) is 0 Å². The van der Waals surface area contributed by atoms with E-state index in [2.05, 4.69) is 24.5 Å². The van der Waals surface area contributed by atoms with Gasteiger partial charge in [0.05, 0.1) is 11.4 Å². The minimum Gasteiger partial charge on any atom is -0.376 e. The molecule has 1 fully saturated rings. The van der Waals surface area contributed by atoms with Crippen LogP contribution in [0.5, 0.6) is 0 Å². The molecule has 1 aliphatic rings. The Hall–Kier alpha value is -1.60. The summed E-state index contributed by atoms with van der Waals surface area (Å²) in [5.41, 5.74) is 1.59. The van der Waals surface area contributed by atoms with Crippen LogP contribution in [-0.2, 0) is 14.8 Å². The zero-order valence-electron chi connectivity index (χ0n) is 16.2. The van der Waals surface area contributed by atoms with Crippen molar-refractivity contribution in [1.82, 2.24) is 9.62 Å². The van der Waals surface area contributed by atoms with Gasteiger partial charge < -0.3 is 10.6 Å². The normalized spacial score (nSPS) is 17.1. The van der Waals surface area contributed by atoms with E-state index in [-0.39, 0.29) is 23.4 Å². The van der Waals surface area contributed by atoms with Crippen molar-refractivity contribution in [3.63, 3.8) is 0 Å². The fourth-order valence-electron chi connectivity index (χ4n) is 2.85. The molecule has 1 aliphatic heterocycles. The first kappa shape index (κ1) is 20.7. The minimum absolute atomic E-state index is 0.0937. The van der Waals surface area contributed by atoms with Crippen LogP contribution in [0.25, 0.3) is 0 Å². The molecule has 1 aromatic carbocycles. The molecule has 1 aromatic rings. The molecule has 1 unspecified atom stereocenters. The quantitative estimate of drug-likeness (QED) is 0.761. The van der Waals surface area contributed by atoms with Crippen molar-refractivity contribution >= 4 is 21.6 Å². The van der Waals surface area contributed by atoms with Crippen LogP contribution in [0.1, 0.15) is 45.6 Å². The number of hydrogen-bond donors (Lipinski definition) is 2. The Morgan fingerprint density at radius 1 is 1.15 bits per heavy atom. The predicted molar refractivity (Wildman–Crippen MR) is 105 cm³/mol. The third kappa shape index (κ3) is 5.20. The Labute approximate surface area is 157 Å². The zero-order chi connectivity index (χ0) is 19.3. The van der Waals surface area contributed by atoms with Crippen LogP contribution in [-0.4, -0.2) is 44.3 Å². The highest BCUT2D eigenvalue weighted by atomic mass is 32.2. The molecule has 1 atom stereocenters. The number of nitrogens with one attached hydrogen (secondary N) is 2. The number of piperidine rings is 1. The van der Waals surface area contributed by atoms with Gasteiger partial charge in [-0.3, -0.25) is 4.79 Å². The topological polar surface area (TPSA) is 78.5 Å². The van der Waals surface area contributed by atoms with E-state index < -0.39 is 10.0 Å². The Morgan fingerprint density at radius 3 is 2.42 bits per heavy atom. The highest BCUT2D eigenvalue weighted by Gasteiger charge is 2.26. The highest BCUT2D eigenvalue weighted by molar-refractivity contribution is 7.89. The van der Waals surface area contributed by atoms with Gasteiger partial charge in [-0.05, 0) is 50.3 Å². The van der Waals surface area contributed by atoms with Gasteiger partial charge in [0.1, 0.15) is 0 Å². The smallest absolute Gasteiger partial charge is 0.243 e. The molecule has 6 nitrogen and oxygen atoms in total. The molecule has 0 saturated carbocycles. The summed E-state index contributed by atoms with van der Waals surface area (Å²) >= 11 is 0. The van der Waals surface area contributed by atoms with E-state index in [1.807, 2.05) is 13.8 Å². The molecular weight excluding hydrogens is 350 g/mol. The Bertz CT molecular complexity index is 726. The summed E-state index contributed by atoms with van der Waals surface area (Å²) in [5.74, 6) is 0.258. The fourth-order valence-corrected chi connectivity index (χ4v) is 4.40. The van der Waals surface area contributed by atoms with Crippen molar-refractivity contribution in [2.75, 3.05) is 25.0 Å². The largest absolute Gasteiger partial charge is 0.376 e. The van der Waals surface area contributed by atoms with Crippen molar-refractivity contribution < 1.29 is 13.2 Å². The van der Waals surface area contributed by atoms with Crippen LogP contribution in [0, 0.1) is 12.8 Å². The Morgan fingerprint density at radius 2 is 1.81 bits per heavy atom. The van der Waals surface area contributed by atoms with Crippen molar-refractivity contribution in [2.24, 2.45) is 5.92 Å². The van der Waals surface area contributed by atoms with Crippen LogP contribution < -0.4 is 10.6 Å². The standard InChI is InChI=1S/C19H31N3O3S/c1-14(2)16(4)21-19(23)13-20-18-12-17(9-8-15(18)3)26(24,25)22-10-6-5-7-11-22/h8-9,12,14,16,20H,5-7,10-11,13H2,1-4H3,(H,21,23). The molecule has 146 valence electrons. The molecule has 7 heteroatoms. The summed E-state index contributed by atoms with van der Waals surface area (Å²) in [4.78, 5) is 12.4. The number of rotatable bonds is 7. The second-order valence-corrected chi connectivity index (χ2v) is 9.33. The summed E-state index contributed by atoms with van der Waals surface area (Å²) in [6.45, 7) is 9.25. The summed E-state index contributed by atoms with van der Waals surface area (Å²) in [7, 11) is -3.48. The number of amides is 1. The van der Waals surface area contributed by atoms with Gasteiger partial charge in [0, 0.05) is 24.8 Å². The van der Waals surface area contributed by atoms with Crippen LogP contribution in [0.3, 0.4) is 0 Å². The van der Waals surface area contributed by atoms with E-state index in [0.29, 0.717) is 24.7 Å². The van der Waals surface area contributed by atoms with Crippen molar-refractivity contribution in [2.45, 2.75) is 57.9 Å². The van der Waals surface area contributed by atoms with Crippen molar-refractivity contribution in [3.05, 3.63) is 23.8 Å². The number of carbonyl (C=O) groups excluding carboxylic acids is 1. The maximum Gasteiger partial charge on any atom is 0.243 e. The van der Waals surface area contributed by atoms with E-state index in [9.17, 15) is 13.2 Å². The van der Waals surface area contributed by atoms with E-state index >= 15 is 0 Å². The maximum atomic E-state index is 12.8. The molecular formula is C19H31N3O3S. The lowest BCUT2D eigenvalue weighted by Gasteiger charge is -2.26. The van der Waals surface area contributed by atoms with Gasteiger partial charge in [0.25, 0.3) is 0 Å². The maximum absolute atomic E-state index is 12.8. The zero-order valence-corrected chi connectivity index (χ0v) is 17.0. The van der Waals surface area contributed by atoms with Crippen LogP contribution in [0.15, 0.2) is 23.1 Å². The lowest BCUT2D eigenvalue weighted by molar-refractivity contribution is -0.120. The average molecular weight is 382 g/mol. The number of benzene rings is 1. The minimum atomic E-state index is -3.48. The number of carbonyl (C=O) groups is 1. The molecule has 0 aromatic heterocycles. The molecule has 0 radical (unpaired) electrons. The first-order chi connectivity index (χ1) is 12.2. The van der Waals surface area contributed by atoms with Crippen LogP contribution in [0.4, 0.5) is 5.69 Å². The Balaban J connectivity index is 2.08. The van der Waals surface area contributed by atoms with Crippen molar-refractivity contribution in [1.29, 1.82) is 0 Å². The van der Waals surface area contributed by atoms with E-state index in [4.69, 9.17) is 0 Å². The molecule has 0 aliphatic carbocycles. The third-order valence-corrected chi connectivity index (χ3v) is 6.88. The van der Waals surface area contributed by atoms with Gasteiger partial charge >= 0.3 is 0 Å². The summed E-state index contributed by atoms with van der Waals surface area (Å²) < 4.78 is 27.2. The van der Waals surface area contributed by atoms with E-state index in [1.165, 1.54) is 0 Å².